The number of halogens is 3. The second-order valence-corrected chi connectivity index (χ2v) is 15.8. The molecule has 7 unspecified atom stereocenters. The normalized spacial score (nSPS) is 26.4. The van der Waals surface area contributed by atoms with E-state index < -0.39 is 72.2 Å². The fraction of sp³-hybridized carbons (Fsp3) is 0.568. The van der Waals surface area contributed by atoms with E-state index in [0.717, 1.165) is 24.5 Å². The zero-order valence-corrected chi connectivity index (χ0v) is 30.6. The SMILES string of the molecule is CC(NC(=O)C(Cc1ccccc1)NC(=O)C(NC(=O)c1cccc(C2(C(F)(F)F)N=N2)c1)C(C)C)C(=O)NCB1OC2CC3CC(C3(C)C)C2(C)O1. The van der Waals surface area contributed by atoms with Crippen LogP contribution in [0.4, 0.5) is 13.2 Å². The Kier molecular flexibility index (Phi) is 10.3. The molecule has 4 N–H and O–H groups in total. The van der Waals surface area contributed by atoms with Gasteiger partial charge in [-0.1, -0.05) is 70.2 Å². The van der Waals surface area contributed by atoms with Gasteiger partial charge in [-0.25, -0.2) is 0 Å². The Morgan fingerprint density at radius 3 is 2.23 bits per heavy atom. The summed E-state index contributed by atoms with van der Waals surface area (Å²) in [5, 5.41) is 17.2. The van der Waals surface area contributed by atoms with Crippen molar-refractivity contribution in [3.63, 3.8) is 0 Å². The van der Waals surface area contributed by atoms with Crippen molar-refractivity contribution in [1.29, 1.82) is 0 Å². The van der Waals surface area contributed by atoms with Crippen LogP contribution in [0.25, 0.3) is 0 Å². The lowest BCUT2D eigenvalue weighted by Gasteiger charge is -2.64. The summed E-state index contributed by atoms with van der Waals surface area (Å²) in [7, 11) is -0.618. The third-order valence-electron chi connectivity index (χ3n) is 11.6. The van der Waals surface area contributed by atoms with Gasteiger partial charge in [0.15, 0.2) is 0 Å². The Morgan fingerprint density at radius 2 is 1.60 bits per heavy atom. The Balaban J connectivity index is 1.08. The van der Waals surface area contributed by atoms with Crippen LogP contribution in [0.3, 0.4) is 0 Å². The first kappa shape index (κ1) is 38.4. The second-order valence-electron chi connectivity index (χ2n) is 15.8. The van der Waals surface area contributed by atoms with E-state index >= 15 is 0 Å². The van der Waals surface area contributed by atoms with Gasteiger partial charge in [0, 0.05) is 17.5 Å². The number of nitrogens with one attached hydrogen (secondary N) is 4. The summed E-state index contributed by atoms with van der Waals surface area (Å²) < 4.78 is 53.4. The number of carbonyl (C=O) groups excluding carboxylic acids is 4. The lowest BCUT2D eigenvalue weighted by Crippen LogP contribution is -2.65. The molecule has 4 amide bonds. The van der Waals surface area contributed by atoms with Crippen molar-refractivity contribution in [2.45, 2.75) is 102 Å². The van der Waals surface area contributed by atoms with Crippen LogP contribution in [0, 0.1) is 23.2 Å². The fourth-order valence-electron chi connectivity index (χ4n) is 8.15. The number of hydrogen-bond acceptors (Lipinski definition) is 8. The Labute approximate surface area is 306 Å². The standard InChI is InChI=1S/C37H46BF3N6O6/c1-20(2)29(45-31(49)23-13-10-14-24(16-23)36(46-47-36)37(39,40)41)33(51)44-26(15-22-11-8-7-9-12-22)32(50)43-21(3)30(48)42-19-38-52-28-18-25-17-27(34(25,4)5)35(28,6)53-38/h7-14,16,20-21,25-29H,15,17-19H2,1-6H3,(H,42,48)(H,43,50)(H,44,51)(H,45,49). The third kappa shape index (κ3) is 7.44. The number of nitrogens with zero attached hydrogens (tertiary/aromatic N) is 2. The van der Waals surface area contributed by atoms with Gasteiger partial charge in [-0.3, -0.25) is 19.2 Å². The zero-order valence-electron chi connectivity index (χ0n) is 30.6. The molecule has 4 fully saturated rings. The summed E-state index contributed by atoms with van der Waals surface area (Å²) in [6.45, 7) is 11.5. The molecule has 53 heavy (non-hydrogen) atoms. The number of carbonyl (C=O) groups is 4. The van der Waals surface area contributed by atoms with Gasteiger partial charge in [0.2, 0.25) is 17.7 Å². The third-order valence-corrected chi connectivity index (χ3v) is 11.6. The van der Waals surface area contributed by atoms with E-state index in [2.05, 4.69) is 52.3 Å². The number of benzene rings is 2. The van der Waals surface area contributed by atoms with Crippen LogP contribution in [0.1, 0.15) is 75.9 Å². The Bertz CT molecular complexity index is 1770. The van der Waals surface area contributed by atoms with E-state index in [1.165, 1.54) is 25.1 Å². The monoisotopic (exact) mass is 738 g/mol. The summed E-state index contributed by atoms with van der Waals surface area (Å²) in [6, 6.07) is 10.5. The molecule has 7 rings (SSSR count). The average molecular weight is 739 g/mol. The molecule has 0 aromatic heterocycles. The van der Waals surface area contributed by atoms with Gasteiger partial charge in [0.25, 0.3) is 5.91 Å². The Morgan fingerprint density at radius 1 is 0.906 bits per heavy atom. The maximum atomic E-state index is 13.7. The van der Waals surface area contributed by atoms with E-state index in [1.54, 1.807) is 38.1 Å². The average Bonchev–Trinajstić information content (AvgIpc) is 3.86. The predicted molar refractivity (Wildman–Crippen MR) is 188 cm³/mol. The quantitative estimate of drug-likeness (QED) is 0.225. The smallest absolute Gasteiger partial charge is 0.404 e. The van der Waals surface area contributed by atoms with Crippen molar-refractivity contribution in [1.82, 2.24) is 21.3 Å². The molecule has 2 bridgehead atoms. The van der Waals surface area contributed by atoms with Gasteiger partial charge in [-0.15, -0.1) is 10.2 Å². The lowest BCUT2D eigenvalue weighted by molar-refractivity contribution is -0.199. The van der Waals surface area contributed by atoms with E-state index in [1.807, 2.05) is 6.07 Å². The van der Waals surface area contributed by atoms with Crippen molar-refractivity contribution in [2.24, 2.45) is 33.4 Å². The maximum absolute atomic E-state index is 13.7. The molecule has 284 valence electrons. The van der Waals surface area contributed by atoms with Crippen molar-refractivity contribution in [3.8, 4) is 0 Å². The van der Waals surface area contributed by atoms with Crippen LogP contribution in [-0.2, 0) is 35.8 Å². The minimum Gasteiger partial charge on any atom is -0.404 e. The van der Waals surface area contributed by atoms with Crippen LogP contribution in [0.5, 0.6) is 0 Å². The molecule has 7 atom stereocenters. The number of amides is 4. The fourth-order valence-corrected chi connectivity index (χ4v) is 8.15. The van der Waals surface area contributed by atoms with Gasteiger partial charge in [-0.2, -0.15) is 13.2 Å². The molecule has 0 spiro atoms. The van der Waals surface area contributed by atoms with Gasteiger partial charge in [0.1, 0.15) is 18.1 Å². The summed E-state index contributed by atoms with van der Waals surface area (Å²) in [6.07, 6.45) is -2.63. The maximum Gasteiger partial charge on any atom is 0.478 e. The summed E-state index contributed by atoms with van der Waals surface area (Å²) in [5.74, 6) is -2.11. The second kappa shape index (κ2) is 14.2. The van der Waals surface area contributed by atoms with Crippen molar-refractivity contribution in [3.05, 3.63) is 71.3 Å². The van der Waals surface area contributed by atoms with Gasteiger partial charge >= 0.3 is 19.0 Å². The first-order valence-corrected chi connectivity index (χ1v) is 18.0. The van der Waals surface area contributed by atoms with Gasteiger partial charge in [-0.05, 0) is 67.6 Å². The molecule has 2 aliphatic heterocycles. The van der Waals surface area contributed by atoms with E-state index in [9.17, 15) is 32.3 Å². The molecule has 16 heteroatoms. The molecule has 2 heterocycles. The Hall–Kier alpha value is -4.31. The molecule has 12 nitrogen and oxygen atoms in total. The minimum atomic E-state index is -4.78. The largest absolute Gasteiger partial charge is 0.478 e. The highest BCUT2D eigenvalue weighted by Gasteiger charge is 2.68. The molecular formula is C37H46BF3N6O6. The molecule has 1 saturated heterocycles. The molecule has 3 saturated carbocycles. The van der Waals surface area contributed by atoms with Crippen LogP contribution >= 0.6 is 0 Å². The van der Waals surface area contributed by atoms with Gasteiger partial charge < -0.3 is 30.6 Å². The summed E-state index contributed by atoms with van der Waals surface area (Å²) >= 11 is 0. The number of rotatable bonds is 13. The highest BCUT2D eigenvalue weighted by Crippen LogP contribution is 2.65. The van der Waals surface area contributed by atoms with Crippen molar-refractivity contribution in [2.75, 3.05) is 6.44 Å². The van der Waals surface area contributed by atoms with E-state index in [-0.39, 0.29) is 35.5 Å². The highest BCUT2D eigenvalue weighted by atomic mass is 19.4. The number of alkyl halides is 3. The molecule has 3 aliphatic carbocycles. The van der Waals surface area contributed by atoms with Crippen LogP contribution in [0.15, 0.2) is 64.8 Å². The van der Waals surface area contributed by atoms with Crippen molar-refractivity contribution >= 4 is 30.7 Å². The first-order valence-electron chi connectivity index (χ1n) is 18.0. The molecule has 0 radical (unpaired) electrons. The van der Waals surface area contributed by atoms with Crippen LogP contribution in [0.2, 0.25) is 0 Å². The van der Waals surface area contributed by atoms with E-state index in [0.29, 0.717) is 11.8 Å². The summed E-state index contributed by atoms with van der Waals surface area (Å²) in [5.41, 5.74) is -2.67. The van der Waals surface area contributed by atoms with Gasteiger partial charge in [0.05, 0.1) is 18.1 Å². The topological polar surface area (TPSA) is 160 Å². The highest BCUT2D eigenvalue weighted by molar-refractivity contribution is 6.46. The van der Waals surface area contributed by atoms with Crippen LogP contribution in [-0.4, -0.2) is 73.2 Å². The number of hydrogen-bond donors (Lipinski definition) is 4. The molecule has 2 aromatic rings. The van der Waals surface area contributed by atoms with Crippen LogP contribution < -0.4 is 21.3 Å². The first-order chi connectivity index (χ1) is 24.9. The molecular weight excluding hydrogens is 692 g/mol. The summed E-state index contributed by atoms with van der Waals surface area (Å²) in [4.78, 5) is 53.8. The minimum absolute atomic E-state index is 0.0404. The van der Waals surface area contributed by atoms with Crippen molar-refractivity contribution < 1.29 is 41.7 Å². The lowest BCUT2D eigenvalue weighted by atomic mass is 9.43. The molecule has 2 aromatic carbocycles. The predicted octanol–water partition coefficient (Wildman–Crippen LogP) is 4.24. The van der Waals surface area contributed by atoms with E-state index in [4.69, 9.17) is 9.31 Å². The zero-order chi connectivity index (χ0) is 38.5. The molecule has 5 aliphatic rings.